The molecule has 0 spiro atoms. The smallest absolute Gasteiger partial charge is 0.126 e. The molecule has 3 heteroatoms. The lowest BCUT2D eigenvalue weighted by atomic mass is 9.79. The molecule has 0 aromatic heterocycles. The largest absolute Gasteiger partial charge is 0.493 e. The third-order valence-corrected chi connectivity index (χ3v) is 3.92. The zero-order valence-corrected chi connectivity index (χ0v) is 12.2. The molecule has 0 bridgehead atoms. The van der Waals surface area contributed by atoms with Crippen LogP contribution in [0.4, 0.5) is 4.39 Å². The topological polar surface area (TPSA) is 12.5 Å². The molecule has 0 saturated heterocycles. The molecule has 2 rings (SSSR count). The molecule has 1 aliphatic heterocycles. The van der Waals surface area contributed by atoms with E-state index in [1.807, 2.05) is 6.07 Å². The summed E-state index contributed by atoms with van der Waals surface area (Å²) in [4.78, 5) is 2.37. The van der Waals surface area contributed by atoms with Crippen molar-refractivity contribution in [3.63, 3.8) is 0 Å². The van der Waals surface area contributed by atoms with Crippen molar-refractivity contribution in [1.82, 2.24) is 4.90 Å². The molecule has 19 heavy (non-hydrogen) atoms. The van der Waals surface area contributed by atoms with Gasteiger partial charge in [0.2, 0.25) is 0 Å². The van der Waals surface area contributed by atoms with Crippen molar-refractivity contribution >= 4 is 0 Å². The Bertz CT molecular complexity index is 435. The van der Waals surface area contributed by atoms with E-state index < -0.39 is 0 Å². The predicted octanol–water partition coefficient (Wildman–Crippen LogP) is 3.50. The Hall–Kier alpha value is -1.09. The van der Waals surface area contributed by atoms with Crippen LogP contribution in [0.2, 0.25) is 0 Å². The standard InChI is InChI=1S/C16H24FNO/c1-4-8-18(3)9-7-16(2)11-13-5-6-14(17)10-15(13)19-12-16/h5-6,10H,4,7-9,11-12H2,1-3H3. The summed E-state index contributed by atoms with van der Waals surface area (Å²) in [6.07, 6.45) is 3.27. The fourth-order valence-electron chi connectivity index (χ4n) is 2.69. The maximum atomic E-state index is 13.1. The first-order chi connectivity index (χ1) is 9.02. The van der Waals surface area contributed by atoms with Gasteiger partial charge in [0.05, 0.1) is 6.61 Å². The summed E-state index contributed by atoms with van der Waals surface area (Å²) < 4.78 is 18.9. The van der Waals surface area contributed by atoms with Gasteiger partial charge in [-0.05, 0) is 51.0 Å². The second-order valence-electron chi connectivity index (χ2n) is 6.08. The normalized spacial score (nSPS) is 22.2. The number of benzene rings is 1. The Kier molecular flexibility index (Phi) is 4.46. The minimum atomic E-state index is -0.218. The van der Waals surface area contributed by atoms with Gasteiger partial charge in [-0.2, -0.15) is 0 Å². The van der Waals surface area contributed by atoms with Gasteiger partial charge in [0.1, 0.15) is 11.6 Å². The zero-order valence-electron chi connectivity index (χ0n) is 12.2. The van der Waals surface area contributed by atoms with E-state index >= 15 is 0 Å². The highest BCUT2D eigenvalue weighted by molar-refractivity contribution is 5.36. The molecule has 106 valence electrons. The summed E-state index contributed by atoms with van der Waals surface area (Å²) in [5.41, 5.74) is 1.29. The van der Waals surface area contributed by atoms with Crippen LogP contribution in [0.1, 0.15) is 32.3 Å². The van der Waals surface area contributed by atoms with Crippen LogP contribution in [0, 0.1) is 11.2 Å². The van der Waals surface area contributed by atoms with E-state index in [0.29, 0.717) is 6.61 Å². The van der Waals surface area contributed by atoms with E-state index in [4.69, 9.17) is 4.74 Å². The maximum Gasteiger partial charge on any atom is 0.126 e. The number of hydrogen-bond acceptors (Lipinski definition) is 2. The van der Waals surface area contributed by atoms with Crippen LogP contribution in [0.25, 0.3) is 0 Å². The summed E-state index contributed by atoms with van der Waals surface area (Å²) in [5.74, 6) is 0.504. The second-order valence-corrected chi connectivity index (χ2v) is 6.08. The van der Waals surface area contributed by atoms with E-state index in [0.717, 1.165) is 37.2 Å². The molecular formula is C16H24FNO. The average Bonchev–Trinajstić information content (AvgIpc) is 2.38. The molecule has 0 radical (unpaired) electrons. The number of halogens is 1. The summed E-state index contributed by atoms with van der Waals surface area (Å²) in [5, 5.41) is 0. The predicted molar refractivity (Wildman–Crippen MR) is 76.1 cm³/mol. The molecule has 1 atom stereocenters. The van der Waals surface area contributed by atoms with Crippen LogP contribution >= 0.6 is 0 Å². The molecule has 0 N–H and O–H groups in total. The van der Waals surface area contributed by atoms with E-state index in [2.05, 4.69) is 25.8 Å². The van der Waals surface area contributed by atoms with Gasteiger partial charge in [0.15, 0.2) is 0 Å². The first-order valence-corrected chi connectivity index (χ1v) is 7.12. The van der Waals surface area contributed by atoms with Gasteiger partial charge in [-0.25, -0.2) is 4.39 Å². The van der Waals surface area contributed by atoms with Gasteiger partial charge in [-0.1, -0.05) is 19.9 Å². The zero-order chi connectivity index (χ0) is 13.9. The Morgan fingerprint density at radius 2 is 2.16 bits per heavy atom. The highest BCUT2D eigenvalue weighted by Gasteiger charge is 2.31. The van der Waals surface area contributed by atoms with Gasteiger partial charge in [-0.3, -0.25) is 0 Å². The molecule has 1 aliphatic rings. The van der Waals surface area contributed by atoms with Crippen LogP contribution in [-0.4, -0.2) is 31.6 Å². The minimum absolute atomic E-state index is 0.160. The molecule has 1 heterocycles. The Morgan fingerprint density at radius 1 is 1.37 bits per heavy atom. The maximum absolute atomic E-state index is 13.1. The van der Waals surface area contributed by atoms with E-state index in [9.17, 15) is 4.39 Å². The van der Waals surface area contributed by atoms with Crippen LogP contribution < -0.4 is 4.74 Å². The first kappa shape index (κ1) is 14.3. The third kappa shape index (κ3) is 3.69. The number of fused-ring (bicyclic) bond motifs is 1. The Morgan fingerprint density at radius 3 is 2.89 bits per heavy atom. The molecule has 0 aliphatic carbocycles. The highest BCUT2D eigenvalue weighted by atomic mass is 19.1. The molecule has 1 aromatic carbocycles. The van der Waals surface area contributed by atoms with Crippen molar-refractivity contribution in [2.45, 2.75) is 33.1 Å². The number of hydrogen-bond donors (Lipinski definition) is 0. The first-order valence-electron chi connectivity index (χ1n) is 7.12. The minimum Gasteiger partial charge on any atom is -0.493 e. The van der Waals surface area contributed by atoms with Crippen molar-refractivity contribution in [2.24, 2.45) is 5.41 Å². The van der Waals surface area contributed by atoms with Gasteiger partial charge < -0.3 is 9.64 Å². The van der Waals surface area contributed by atoms with Crippen molar-refractivity contribution in [1.29, 1.82) is 0 Å². The fraction of sp³-hybridized carbons (Fsp3) is 0.625. The number of ether oxygens (including phenoxy) is 1. The van der Waals surface area contributed by atoms with Gasteiger partial charge >= 0.3 is 0 Å². The van der Waals surface area contributed by atoms with Crippen LogP contribution in [-0.2, 0) is 6.42 Å². The van der Waals surface area contributed by atoms with Crippen molar-refractivity contribution in [3.05, 3.63) is 29.6 Å². The lowest BCUT2D eigenvalue weighted by Gasteiger charge is -2.36. The Labute approximate surface area is 115 Å². The van der Waals surface area contributed by atoms with Gasteiger partial charge in [0.25, 0.3) is 0 Å². The fourth-order valence-corrected chi connectivity index (χ4v) is 2.69. The van der Waals surface area contributed by atoms with E-state index in [-0.39, 0.29) is 11.2 Å². The van der Waals surface area contributed by atoms with E-state index in [1.54, 1.807) is 0 Å². The molecule has 2 nitrogen and oxygen atoms in total. The monoisotopic (exact) mass is 265 g/mol. The quantitative estimate of drug-likeness (QED) is 0.808. The van der Waals surface area contributed by atoms with Crippen molar-refractivity contribution in [2.75, 3.05) is 26.7 Å². The van der Waals surface area contributed by atoms with Crippen LogP contribution in [0.15, 0.2) is 18.2 Å². The van der Waals surface area contributed by atoms with Crippen LogP contribution in [0.5, 0.6) is 5.75 Å². The van der Waals surface area contributed by atoms with Crippen molar-refractivity contribution in [3.8, 4) is 5.75 Å². The SMILES string of the molecule is CCCN(C)CCC1(C)COc2cc(F)ccc2C1. The lowest BCUT2D eigenvalue weighted by Crippen LogP contribution is -2.35. The van der Waals surface area contributed by atoms with E-state index in [1.165, 1.54) is 18.6 Å². The molecule has 1 aromatic rings. The summed E-state index contributed by atoms with van der Waals surface area (Å²) in [6, 6.07) is 4.88. The lowest BCUT2D eigenvalue weighted by molar-refractivity contribution is 0.114. The summed E-state index contributed by atoms with van der Waals surface area (Å²) in [6.45, 7) is 7.37. The van der Waals surface area contributed by atoms with Gasteiger partial charge in [-0.15, -0.1) is 0 Å². The number of rotatable bonds is 5. The van der Waals surface area contributed by atoms with Gasteiger partial charge in [0, 0.05) is 11.5 Å². The third-order valence-electron chi connectivity index (χ3n) is 3.92. The average molecular weight is 265 g/mol. The highest BCUT2D eigenvalue weighted by Crippen LogP contribution is 2.37. The molecular weight excluding hydrogens is 241 g/mol. The van der Waals surface area contributed by atoms with Crippen LogP contribution in [0.3, 0.4) is 0 Å². The summed E-state index contributed by atoms with van der Waals surface area (Å²) in [7, 11) is 2.17. The summed E-state index contributed by atoms with van der Waals surface area (Å²) >= 11 is 0. The Balaban J connectivity index is 1.97. The molecule has 1 unspecified atom stereocenters. The second kappa shape index (κ2) is 5.91. The molecule has 0 saturated carbocycles. The molecule has 0 amide bonds. The number of nitrogens with zero attached hydrogens (tertiary/aromatic N) is 1. The van der Waals surface area contributed by atoms with Crippen molar-refractivity contribution < 1.29 is 9.13 Å². The molecule has 0 fully saturated rings.